The van der Waals surface area contributed by atoms with Gasteiger partial charge in [-0.05, 0) is 69.6 Å². The second kappa shape index (κ2) is 9.19. The van der Waals surface area contributed by atoms with Crippen LogP contribution < -0.4 is 5.32 Å². The summed E-state index contributed by atoms with van der Waals surface area (Å²) in [5, 5.41) is 3.12. The third-order valence-electron chi connectivity index (χ3n) is 6.53. The van der Waals surface area contributed by atoms with E-state index in [1.807, 2.05) is 48.0 Å². The van der Waals surface area contributed by atoms with Gasteiger partial charge in [-0.1, -0.05) is 12.1 Å². The number of aromatic nitrogens is 4. The molecular formula is C26H30N6O. The maximum absolute atomic E-state index is 13.0. The Morgan fingerprint density at radius 3 is 2.73 bits per heavy atom. The number of carbonyl (C=O) groups excluding carboxylic acids is 1. The molecule has 170 valence electrons. The molecule has 7 heteroatoms. The van der Waals surface area contributed by atoms with Gasteiger partial charge in [-0.25, -0.2) is 9.97 Å². The highest BCUT2D eigenvalue weighted by molar-refractivity contribution is 5.92. The second-order valence-electron chi connectivity index (χ2n) is 8.72. The van der Waals surface area contributed by atoms with E-state index in [2.05, 4.69) is 44.9 Å². The minimum atomic E-state index is -0.0197. The zero-order valence-corrected chi connectivity index (χ0v) is 19.2. The molecule has 0 saturated carbocycles. The first-order chi connectivity index (χ1) is 16.1. The highest BCUT2D eigenvalue weighted by atomic mass is 16.1. The van der Waals surface area contributed by atoms with Gasteiger partial charge in [0.05, 0.1) is 23.5 Å². The maximum atomic E-state index is 13.0. The summed E-state index contributed by atoms with van der Waals surface area (Å²) in [7, 11) is 0. The van der Waals surface area contributed by atoms with E-state index < -0.39 is 0 Å². The molecule has 1 aliphatic heterocycles. The van der Waals surface area contributed by atoms with Crippen molar-refractivity contribution < 1.29 is 4.79 Å². The van der Waals surface area contributed by atoms with E-state index in [4.69, 9.17) is 4.98 Å². The van der Waals surface area contributed by atoms with Crippen LogP contribution in [0.5, 0.6) is 0 Å². The fourth-order valence-corrected chi connectivity index (χ4v) is 4.81. The van der Waals surface area contributed by atoms with Crippen LogP contribution in [0.2, 0.25) is 0 Å². The molecule has 4 aromatic rings. The van der Waals surface area contributed by atoms with Crippen LogP contribution in [-0.2, 0) is 17.9 Å². The molecule has 2 aromatic carbocycles. The molecule has 1 aliphatic rings. The van der Waals surface area contributed by atoms with Crippen molar-refractivity contribution in [2.45, 2.75) is 39.8 Å². The smallest absolute Gasteiger partial charge is 0.228 e. The van der Waals surface area contributed by atoms with Gasteiger partial charge < -0.3 is 14.5 Å². The van der Waals surface area contributed by atoms with Crippen molar-refractivity contribution in [2.75, 3.05) is 18.4 Å². The van der Waals surface area contributed by atoms with Crippen molar-refractivity contribution in [3.63, 3.8) is 0 Å². The summed E-state index contributed by atoms with van der Waals surface area (Å²) in [5.41, 5.74) is 4.07. The molecule has 0 radical (unpaired) electrons. The topological polar surface area (TPSA) is 68.0 Å². The lowest BCUT2D eigenvalue weighted by atomic mass is 9.97. The number of anilines is 1. The molecule has 0 aliphatic carbocycles. The summed E-state index contributed by atoms with van der Waals surface area (Å²) in [6.07, 6.45) is 5.66. The molecule has 1 fully saturated rings. The number of para-hydroxylation sites is 2. The van der Waals surface area contributed by atoms with E-state index in [1.54, 1.807) is 6.20 Å². The van der Waals surface area contributed by atoms with Crippen LogP contribution in [0.25, 0.3) is 16.7 Å². The summed E-state index contributed by atoms with van der Waals surface area (Å²) < 4.78 is 4.30. The first kappa shape index (κ1) is 21.4. The van der Waals surface area contributed by atoms with Crippen LogP contribution in [-0.4, -0.2) is 43.0 Å². The Bertz CT molecular complexity index is 1260. The van der Waals surface area contributed by atoms with Gasteiger partial charge in [-0.15, -0.1) is 0 Å². The van der Waals surface area contributed by atoms with Crippen molar-refractivity contribution in [1.29, 1.82) is 0 Å². The highest BCUT2D eigenvalue weighted by Gasteiger charge is 2.27. The van der Waals surface area contributed by atoms with Gasteiger partial charge in [0.1, 0.15) is 11.6 Å². The number of likely N-dealkylation sites (tertiary alicyclic amines) is 1. The van der Waals surface area contributed by atoms with Gasteiger partial charge in [0.25, 0.3) is 0 Å². The summed E-state index contributed by atoms with van der Waals surface area (Å²) in [6, 6.07) is 16.2. The van der Waals surface area contributed by atoms with Crippen molar-refractivity contribution in [3.05, 3.63) is 72.6 Å². The van der Waals surface area contributed by atoms with E-state index in [9.17, 15) is 4.79 Å². The Morgan fingerprint density at radius 1 is 1.15 bits per heavy atom. The van der Waals surface area contributed by atoms with Gasteiger partial charge in [-0.3, -0.25) is 9.69 Å². The zero-order valence-electron chi connectivity index (χ0n) is 19.2. The predicted molar refractivity (Wildman–Crippen MR) is 130 cm³/mol. The average molecular weight is 443 g/mol. The molecule has 33 heavy (non-hydrogen) atoms. The SMILES string of the molecule is CCn1c(CN2CCCC(C(=O)Nc3ccc(-n4ccnc4C)cc3)C2)nc2ccccc21. The lowest BCUT2D eigenvalue weighted by Crippen LogP contribution is -2.40. The number of nitrogens with one attached hydrogen (secondary N) is 1. The number of benzene rings is 2. The molecule has 3 heterocycles. The lowest BCUT2D eigenvalue weighted by molar-refractivity contribution is -0.121. The van der Waals surface area contributed by atoms with Crippen LogP contribution in [0.15, 0.2) is 60.9 Å². The molecule has 1 amide bonds. The molecule has 1 N–H and O–H groups in total. The number of nitrogens with zero attached hydrogens (tertiary/aromatic N) is 5. The number of fused-ring (bicyclic) bond motifs is 1. The Kier molecular flexibility index (Phi) is 5.96. The molecule has 5 rings (SSSR count). The molecule has 7 nitrogen and oxygen atoms in total. The van der Waals surface area contributed by atoms with E-state index >= 15 is 0 Å². The number of aryl methyl sites for hydroxylation is 2. The molecular weight excluding hydrogens is 412 g/mol. The first-order valence-electron chi connectivity index (χ1n) is 11.7. The van der Waals surface area contributed by atoms with E-state index in [0.29, 0.717) is 0 Å². The molecule has 2 aromatic heterocycles. The molecule has 1 atom stereocenters. The van der Waals surface area contributed by atoms with Crippen molar-refractivity contribution in [1.82, 2.24) is 24.0 Å². The second-order valence-corrected chi connectivity index (χ2v) is 8.72. The van der Waals surface area contributed by atoms with Crippen LogP contribution in [0.3, 0.4) is 0 Å². The van der Waals surface area contributed by atoms with Crippen LogP contribution in [0.1, 0.15) is 31.4 Å². The van der Waals surface area contributed by atoms with Gasteiger partial charge in [0.2, 0.25) is 5.91 Å². The number of hydrogen-bond acceptors (Lipinski definition) is 4. The minimum Gasteiger partial charge on any atom is -0.327 e. The monoisotopic (exact) mass is 442 g/mol. The van der Waals surface area contributed by atoms with Crippen molar-refractivity contribution in [3.8, 4) is 5.69 Å². The molecule has 1 unspecified atom stereocenters. The van der Waals surface area contributed by atoms with Crippen LogP contribution in [0, 0.1) is 12.8 Å². The molecule has 0 bridgehead atoms. The third-order valence-corrected chi connectivity index (χ3v) is 6.53. The number of rotatable bonds is 6. The summed E-state index contributed by atoms with van der Waals surface area (Å²) in [6.45, 7) is 7.54. The molecule has 1 saturated heterocycles. The fourth-order valence-electron chi connectivity index (χ4n) is 4.81. The maximum Gasteiger partial charge on any atom is 0.228 e. The minimum absolute atomic E-state index is 0.0197. The summed E-state index contributed by atoms with van der Waals surface area (Å²) in [4.78, 5) is 24.5. The van der Waals surface area contributed by atoms with Crippen molar-refractivity contribution in [2.24, 2.45) is 5.92 Å². The first-order valence-corrected chi connectivity index (χ1v) is 11.7. The Morgan fingerprint density at radius 2 is 1.97 bits per heavy atom. The number of amides is 1. The van der Waals surface area contributed by atoms with Crippen LogP contribution in [0.4, 0.5) is 5.69 Å². The number of imidazole rings is 2. The Balaban J connectivity index is 1.23. The van der Waals surface area contributed by atoms with E-state index in [-0.39, 0.29) is 11.8 Å². The quantitative estimate of drug-likeness (QED) is 0.481. The number of hydrogen-bond donors (Lipinski definition) is 1. The summed E-state index contributed by atoms with van der Waals surface area (Å²) in [5.74, 6) is 2.08. The van der Waals surface area contributed by atoms with Gasteiger partial charge in [-0.2, -0.15) is 0 Å². The zero-order chi connectivity index (χ0) is 22.8. The van der Waals surface area contributed by atoms with Gasteiger partial charge >= 0.3 is 0 Å². The van der Waals surface area contributed by atoms with E-state index in [0.717, 1.165) is 67.6 Å². The number of piperidine rings is 1. The molecule has 0 spiro atoms. The Labute approximate surface area is 194 Å². The average Bonchev–Trinajstić information content (AvgIpc) is 3.42. The highest BCUT2D eigenvalue weighted by Crippen LogP contribution is 2.23. The normalized spacial score (nSPS) is 16.8. The summed E-state index contributed by atoms with van der Waals surface area (Å²) >= 11 is 0. The van der Waals surface area contributed by atoms with Gasteiger partial charge in [0, 0.05) is 36.9 Å². The van der Waals surface area contributed by atoms with Crippen molar-refractivity contribution >= 4 is 22.6 Å². The lowest BCUT2D eigenvalue weighted by Gasteiger charge is -2.31. The van der Waals surface area contributed by atoms with Crippen LogP contribution >= 0.6 is 0 Å². The number of carbonyl (C=O) groups is 1. The Hall–Kier alpha value is -3.45. The third kappa shape index (κ3) is 4.41. The van der Waals surface area contributed by atoms with E-state index in [1.165, 1.54) is 5.52 Å². The largest absolute Gasteiger partial charge is 0.327 e. The standard InChI is InChI=1S/C26H30N6O/c1-3-31-24-9-5-4-8-23(24)29-25(31)18-30-15-6-7-20(17-30)26(33)28-21-10-12-22(13-11-21)32-16-14-27-19(32)2/h4-5,8-14,16,20H,3,6-7,15,17-18H2,1-2H3,(H,28,33). The predicted octanol–water partition coefficient (Wildman–Crippen LogP) is 4.40. The van der Waals surface area contributed by atoms with Gasteiger partial charge in [0.15, 0.2) is 0 Å². The fraction of sp³-hybridized carbons (Fsp3) is 0.346.